The molecule has 5 heteroatoms. The summed E-state index contributed by atoms with van der Waals surface area (Å²) >= 11 is 0. The van der Waals surface area contributed by atoms with Crippen LogP contribution in [0.25, 0.3) is 10.9 Å². The van der Waals surface area contributed by atoms with Gasteiger partial charge in [-0.05, 0) is 6.07 Å². The van der Waals surface area contributed by atoms with Crippen LogP contribution in [-0.2, 0) is 11.8 Å². The summed E-state index contributed by atoms with van der Waals surface area (Å²) in [6.45, 7) is 0.514. The highest BCUT2D eigenvalue weighted by Crippen LogP contribution is 2.27. The van der Waals surface area contributed by atoms with Gasteiger partial charge in [-0.1, -0.05) is 18.2 Å². The second-order valence-corrected chi connectivity index (χ2v) is 4.88. The Morgan fingerprint density at radius 3 is 2.84 bits per heavy atom. The number of nitrogens with two attached hydrogens (primary N) is 1. The molecule has 0 bridgehead atoms. The number of carboxylic acid groups (broad SMARTS) is 1. The fourth-order valence-corrected chi connectivity index (χ4v) is 2.36. The maximum Gasteiger partial charge on any atom is 0.304 e. The molecule has 0 aliphatic heterocycles. The van der Waals surface area contributed by atoms with E-state index in [1.54, 1.807) is 0 Å². The van der Waals surface area contributed by atoms with E-state index in [9.17, 15) is 4.79 Å². The quantitative estimate of drug-likeness (QED) is 0.853. The largest absolute Gasteiger partial charge is 0.481 e. The number of hydrogen-bond donors (Lipinski definition) is 2. The molecule has 0 saturated carbocycles. The molecule has 1 unspecified atom stereocenters. The zero-order chi connectivity index (χ0) is 14.0. The van der Waals surface area contributed by atoms with E-state index in [2.05, 4.69) is 16.7 Å². The second kappa shape index (κ2) is 5.32. The van der Waals surface area contributed by atoms with E-state index in [0.717, 1.165) is 16.6 Å². The lowest BCUT2D eigenvalue weighted by atomic mass is 10.2. The van der Waals surface area contributed by atoms with Crippen molar-refractivity contribution in [3.63, 3.8) is 0 Å². The maximum absolute atomic E-state index is 10.6. The van der Waals surface area contributed by atoms with Crippen LogP contribution >= 0.6 is 0 Å². The van der Waals surface area contributed by atoms with Gasteiger partial charge in [0.15, 0.2) is 0 Å². The lowest BCUT2D eigenvalue weighted by molar-refractivity contribution is -0.137. The SMILES string of the molecule is CN(CC(N)CC(=O)O)c1cn(C)c2ccccc12. The molecule has 0 fully saturated rings. The Labute approximate surface area is 112 Å². The number of carboxylic acids is 1. The number of aromatic nitrogens is 1. The van der Waals surface area contributed by atoms with Crippen molar-refractivity contribution in [2.75, 3.05) is 18.5 Å². The number of anilines is 1. The van der Waals surface area contributed by atoms with Crippen LogP contribution in [0.1, 0.15) is 6.42 Å². The molecular formula is C14H19N3O2. The van der Waals surface area contributed by atoms with Crippen molar-refractivity contribution in [2.24, 2.45) is 12.8 Å². The molecule has 0 aliphatic carbocycles. The van der Waals surface area contributed by atoms with Crippen molar-refractivity contribution < 1.29 is 9.90 Å². The highest BCUT2D eigenvalue weighted by atomic mass is 16.4. The molecule has 0 aliphatic rings. The zero-order valence-electron chi connectivity index (χ0n) is 11.2. The van der Waals surface area contributed by atoms with Gasteiger partial charge in [0.2, 0.25) is 0 Å². The van der Waals surface area contributed by atoms with E-state index in [1.165, 1.54) is 0 Å². The van der Waals surface area contributed by atoms with Gasteiger partial charge in [-0.2, -0.15) is 0 Å². The Morgan fingerprint density at radius 2 is 2.16 bits per heavy atom. The van der Waals surface area contributed by atoms with Gasteiger partial charge in [-0.3, -0.25) is 4.79 Å². The first-order valence-electron chi connectivity index (χ1n) is 6.21. The summed E-state index contributed by atoms with van der Waals surface area (Å²) in [6, 6.07) is 7.74. The second-order valence-electron chi connectivity index (χ2n) is 4.88. The third-order valence-electron chi connectivity index (χ3n) is 3.23. The summed E-state index contributed by atoms with van der Waals surface area (Å²) in [5.74, 6) is -0.862. The van der Waals surface area contributed by atoms with Crippen LogP contribution in [-0.4, -0.2) is 35.3 Å². The number of benzene rings is 1. The molecule has 1 heterocycles. The van der Waals surface area contributed by atoms with E-state index in [1.807, 2.05) is 37.3 Å². The Kier molecular flexibility index (Phi) is 3.76. The van der Waals surface area contributed by atoms with Gasteiger partial charge in [0.25, 0.3) is 0 Å². The molecule has 3 N–H and O–H groups in total. The van der Waals surface area contributed by atoms with Crippen LogP contribution in [0.4, 0.5) is 5.69 Å². The summed E-state index contributed by atoms with van der Waals surface area (Å²) in [5.41, 5.74) is 8.05. The van der Waals surface area contributed by atoms with Gasteiger partial charge >= 0.3 is 5.97 Å². The van der Waals surface area contributed by atoms with Crippen molar-refractivity contribution in [3.8, 4) is 0 Å². The predicted molar refractivity (Wildman–Crippen MR) is 76.4 cm³/mol. The molecule has 1 aromatic carbocycles. The van der Waals surface area contributed by atoms with Crippen molar-refractivity contribution >= 4 is 22.6 Å². The molecule has 0 saturated heterocycles. The van der Waals surface area contributed by atoms with Crippen molar-refractivity contribution in [1.29, 1.82) is 0 Å². The first-order valence-corrected chi connectivity index (χ1v) is 6.21. The van der Waals surface area contributed by atoms with Gasteiger partial charge in [0, 0.05) is 43.8 Å². The van der Waals surface area contributed by atoms with Crippen LogP contribution in [0.3, 0.4) is 0 Å². The summed E-state index contributed by atoms with van der Waals surface area (Å²) in [4.78, 5) is 12.7. The number of aliphatic carboxylic acids is 1. The summed E-state index contributed by atoms with van der Waals surface area (Å²) in [7, 11) is 3.93. The van der Waals surface area contributed by atoms with E-state index in [0.29, 0.717) is 6.54 Å². The molecule has 1 atom stereocenters. The molecule has 0 amide bonds. The molecule has 2 aromatic rings. The smallest absolute Gasteiger partial charge is 0.304 e. The van der Waals surface area contributed by atoms with Crippen LogP contribution in [0.2, 0.25) is 0 Å². The third kappa shape index (κ3) is 2.88. The number of fused-ring (bicyclic) bond motifs is 1. The Hall–Kier alpha value is -2.01. The molecule has 0 radical (unpaired) electrons. The number of para-hydroxylation sites is 1. The van der Waals surface area contributed by atoms with Gasteiger partial charge in [0.1, 0.15) is 0 Å². The Balaban J connectivity index is 2.22. The maximum atomic E-state index is 10.6. The Bertz CT molecular complexity index is 591. The molecule has 5 nitrogen and oxygen atoms in total. The van der Waals surface area contributed by atoms with Gasteiger partial charge in [0.05, 0.1) is 12.1 Å². The fourth-order valence-electron chi connectivity index (χ4n) is 2.36. The van der Waals surface area contributed by atoms with Crippen LogP contribution in [0.5, 0.6) is 0 Å². The van der Waals surface area contributed by atoms with Crippen LogP contribution in [0.15, 0.2) is 30.5 Å². The highest BCUT2D eigenvalue weighted by Gasteiger charge is 2.14. The first kappa shape index (κ1) is 13.4. The van der Waals surface area contributed by atoms with Gasteiger partial charge in [-0.15, -0.1) is 0 Å². The minimum absolute atomic E-state index is 0.0187. The summed E-state index contributed by atoms with van der Waals surface area (Å²) < 4.78 is 2.06. The predicted octanol–water partition coefficient (Wildman–Crippen LogP) is 1.42. The highest BCUT2D eigenvalue weighted by molar-refractivity contribution is 5.93. The number of carbonyl (C=O) groups is 1. The van der Waals surface area contributed by atoms with Crippen LogP contribution in [0, 0.1) is 0 Å². The molecule has 2 rings (SSSR count). The standard InChI is InChI=1S/C14H19N3O2/c1-16(8-10(15)7-14(18)19)13-9-17(2)12-6-4-3-5-11(12)13/h3-6,9-10H,7-8,15H2,1-2H3,(H,18,19). The molecule has 1 aromatic heterocycles. The number of hydrogen-bond acceptors (Lipinski definition) is 3. The minimum Gasteiger partial charge on any atom is -0.481 e. The average molecular weight is 261 g/mol. The monoisotopic (exact) mass is 261 g/mol. The van der Waals surface area contributed by atoms with Crippen molar-refractivity contribution in [3.05, 3.63) is 30.5 Å². The third-order valence-corrected chi connectivity index (χ3v) is 3.23. The zero-order valence-corrected chi connectivity index (χ0v) is 11.2. The lowest BCUT2D eigenvalue weighted by Crippen LogP contribution is -2.36. The van der Waals surface area contributed by atoms with E-state index in [4.69, 9.17) is 10.8 Å². The number of nitrogens with zero attached hydrogens (tertiary/aromatic N) is 2. The summed E-state index contributed by atoms with van der Waals surface area (Å²) in [6.07, 6.45) is 2.02. The minimum atomic E-state index is -0.862. The Morgan fingerprint density at radius 1 is 1.47 bits per heavy atom. The van der Waals surface area contributed by atoms with Crippen molar-refractivity contribution in [2.45, 2.75) is 12.5 Å². The molecule has 19 heavy (non-hydrogen) atoms. The van der Waals surface area contributed by atoms with Gasteiger partial charge < -0.3 is 20.3 Å². The number of aryl methyl sites for hydroxylation is 1. The summed E-state index contributed by atoms with van der Waals surface area (Å²) in [5, 5.41) is 9.89. The first-order chi connectivity index (χ1) is 8.99. The molecular weight excluding hydrogens is 242 g/mol. The molecule has 0 spiro atoms. The van der Waals surface area contributed by atoms with Crippen LogP contribution < -0.4 is 10.6 Å². The van der Waals surface area contributed by atoms with E-state index < -0.39 is 5.97 Å². The van der Waals surface area contributed by atoms with E-state index >= 15 is 0 Å². The number of likely N-dealkylation sites (N-methyl/N-ethyl adjacent to an activating group) is 1. The lowest BCUT2D eigenvalue weighted by Gasteiger charge is -2.21. The topological polar surface area (TPSA) is 71.5 Å². The van der Waals surface area contributed by atoms with Crippen molar-refractivity contribution in [1.82, 2.24) is 4.57 Å². The fraction of sp³-hybridized carbons (Fsp3) is 0.357. The normalized spacial score (nSPS) is 12.6. The molecule has 102 valence electrons. The average Bonchev–Trinajstić information content (AvgIpc) is 2.66. The number of rotatable bonds is 5. The van der Waals surface area contributed by atoms with E-state index in [-0.39, 0.29) is 12.5 Å². The van der Waals surface area contributed by atoms with Gasteiger partial charge in [-0.25, -0.2) is 0 Å².